The van der Waals surface area contributed by atoms with Gasteiger partial charge in [0.05, 0.1) is 23.5 Å². The topological polar surface area (TPSA) is 74.5 Å². The van der Waals surface area contributed by atoms with E-state index in [1.54, 1.807) is 11.8 Å². The minimum absolute atomic E-state index is 0.519. The van der Waals surface area contributed by atoms with Crippen LogP contribution in [0.3, 0.4) is 0 Å². The van der Waals surface area contributed by atoms with Crippen LogP contribution in [0.5, 0.6) is 0 Å². The van der Waals surface area contributed by atoms with Crippen molar-refractivity contribution in [1.29, 1.82) is 0 Å². The molecule has 1 unspecified atom stereocenters. The lowest BCUT2D eigenvalue weighted by Crippen LogP contribution is -2.47. The summed E-state index contributed by atoms with van der Waals surface area (Å²) in [4.78, 5) is 4.73. The average Bonchev–Trinajstić information content (AvgIpc) is 3.23. The molecule has 2 heterocycles. The minimum Gasteiger partial charge on any atom is -0.387 e. The molecule has 1 aromatic carbocycles. The second kappa shape index (κ2) is 8.80. The third kappa shape index (κ3) is 5.05. The van der Waals surface area contributed by atoms with Crippen LogP contribution in [-0.2, 0) is 6.54 Å². The zero-order valence-electron chi connectivity index (χ0n) is 16.3. The monoisotopic (exact) mass is 387 g/mol. The Morgan fingerprint density at radius 2 is 2.15 bits per heavy atom. The molecule has 1 aromatic heterocycles. The van der Waals surface area contributed by atoms with E-state index in [4.69, 9.17) is 4.99 Å². The average molecular weight is 388 g/mol. The van der Waals surface area contributed by atoms with Crippen LogP contribution in [-0.4, -0.2) is 51.0 Å². The number of aryl methyl sites for hydroxylation is 2. The summed E-state index contributed by atoms with van der Waals surface area (Å²) >= 11 is 1.80. The smallest absolute Gasteiger partial charge is 0.191 e. The number of nitrogens with zero attached hydrogens (tertiary/aromatic N) is 3. The zero-order valence-corrected chi connectivity index (χ0v) is 17.1. The van der Waals surface area contributed by atoms with Gasteiger partial charge in [-0.25, -0.2) is 9.67 Å². The summed E-state index contributed by atoms with van der Waals surface area (Å²) < 4.78 is 1.97. The molecule has 6 nitrogen and oxygen atoms in total. The van der Waals surface area contributed by atoms with E-state index in [9.17, 15) is 5.11 Å². The summed E-state index contributed by atoms with van der Waals surface area (Å²) in [5, 5.41) is 21.7. The van der Waals surface area contributed by atoms with Gasteiger partial charge >= 0.3 is 0 Å². The molecule has 0 aliphatic carbocycles. The van der Waals surface area contributed by atoms with Crippen molar-refractivity contribution in [3.05, 3.63) is 47.3 Å². The van der Waals surface area contributed by atoms with Crippen molar-refractivity contribution in [1.82, 2.24) is 20.4 Å². The van der Waals surface area contributed by atoms with Gasteiger partial charge in [-0.05, 0) is 50.6 Å². The fourth-order valence-corrected chi connectivity index (χ4v) is 4.51. The normalized spacial score (nSPS) is 20.1. The first-order valence-corrected chi connectivity index (χ1v) is 10.6. The highest BCUT2D eigenvalue weighted by atomic mass is 32.2. The van der Waals surface area contributed by atoms with Gasteiger partial charge in [0.25, 0.3) is 0 Å². The van der Waals surface area contributed by atoms with Gasteiger partial charge in [-0.2, -0.15) is 16.9 Å². The molecule has 1 aliphatic rings. The van der Waals surface area contributed by atoms with Crippen LogP contribution in [0.4, 0.5) is 0 Å². The van der Waals surface area contributed by atoms with Crippen LogP contribution in [0.25, 0.3) is 5.69 Å². The van der Waals surface area contributed by atoms with E-state index >= 15 is 0 Å². The van der Waals surface area contributed by atoms with Gasteiger partial charge in [0.1, 0.15) is 0 Å². The van der Waals surface area contributed by atoms with E-state index in [-0.39, 0.29) is 0 Å². The Balaban J connectivity index is 1.75. The fourth-order valence-electron chi connectivity index (χ4n) is 3.21. The number of rotatable bonds is 6. The lowest BCUT2D eigenvalue weighted by atomic mass is 10.0. The van der Waals surface area contributed by atoms with Gasteiger partial charge in [-0.3, -0.25) is 0 Å². The van der Waals surface area contributed by atoms with E-state index in [0.29, 0.717) is 13.1 Å². The molecule has 7 heteroatoms. The number of hydrogen-bond donors (Lipinski definition) is 3. The van der Waals surface area contributed by atoms with Crippen LogP contribution >= 0.6 is 11.8 Å². The standard InChI is InChI=1S/C20H29N5OS/c1-4-21-19(23-13-20(26)9-10-27-14-20)22-12-17-7-5-6-8-18(17)25-16(3)11-15(2)24-25/h5-8,11,26H,4,9-10,12-14H2,1-3H3,(H2,21,22,23). The molecular weight excluding hydrogens is 358 g/mol. The number of hydrogen-bond acceptors (Lipinski definition) is 4. The Kier molecular flexibility index (Phi) is 6.44. The van der Waals surface area contributed by atoms with Gasteiger partial charge in [0, 0.05) is 24.5 Å². The predicted octanol–water partition coefficient (Wildman–Crippen LogP) is 2.41. The molecule has 1 atom stereocenters. The Morgan fingerprint density at radius 1 is 1.33 bits per heavy atom. The first kappa shape index (κ1) is 19.8. The van der Waals surface area contributed by atoms with Gasteiger partial charge in [-0.1, -0.05) is 18.2 Å². The molecule has 2 aromatic rings. The number of aromatic nitrogens is 2. The number of para-hydroxylation sites is 1. The summed E-state index contributed by atoms with van der Waals surface area (Å²) in [6.45, 7) is 7.94. The number of guanidine groups is 1. The molecule has 0 bridgehead atoms. The maximum Gasteiger partial charge on any atom is 0.191 e. The molecule has 146 valence electrons. The molecule has 1 fully saturated rings. The number of nitrogens with one attached hydrogen (secondary N) is 2. The summed E-state index contributed by atoms with van der Waals surface area (Å²) in [5.74, 6) is 2.52. The first-order valence-electron chi connectivity index (χ1n) is 9.44. The van der Waals surface area contributed by atoms with Crippen LogP contribution < -0.4 is 10.6 Å². The maximum absolute atomic E-state index is 10.5. The lowest BCUT2D eigenvalue weighted by Gasteiger charge is -2.23. The predicted molar refractivity (Wildman–Crippen MR) is 113 cm³/mol. The number of aliphatic imine (C=N–C) groups is 1. The number of thioether (sulfide) groups is 1. The largest absolute Gasteiger partial charge is 0.387 e. The second-order valence-corrected chi connectivity index (χ2v) is 8.15. The van der Waals surface area contributed by atoms with Crippen molar-refractivity contribution in [3.8, 4) is 5.69 Å². The Labute approximate surface area is 165 Å². The van der Waals surface area contributed by atoms with E-state index in [1.165, 1.54) is 0 Å². The van der Waals surface area contributed by atoms with Crippen molar-refractivity contribution < 1.29 is 5.11 Å². The second-order valence-electron chi connectivity index (χ2n) is 7.04. The van der Waals surface area contributed by atoms with Gasteiger partial charge in [0.2, 0.25) is 0 Å². The van der Waals surface area contributed by atoms with Crippen LogP contribution in [0.1, 0.15) is 30.3 Å². The number of benzene rings is 1. The summed E-state index contributed by atoms with van der Waals surface area (Å²) in [5.41, 5.74) is 3.63. The van der Waals surface area contributed by atoms with E-state index in [1.807, 2.05) is 30.7 Å². The first-order chi connectivity index (χ1) is 13.0. The summed E-state index contributed by atoms with van der Waals surface area (Å²) in [6, 6.07) is 10.3. The minimum atomic E-state index is -0.636. The highest BCUT2D eigenvalue weighted by molar-refractivity contribution is 7.99. The highest BCUT2D eigenvalue weighted by Crippen LogP contribution is 2.27. The van der Waals surface area contributed by atoms with Crippen LogP contribution in [0.15, 0.2) is 35.3 Å². The molecule has 1 aliphatic heterocycles. The van der Waals surface area contributed by atoms with Crippen LogP contribution in [0, 0.1) is 13.8 Å². The van der Waals surface area contributed by atoms with E-state index in [0.717, 1.165) is 53.1 Å². The summed E-state index contributed by atoms with van der Waals surface area (Å²) in [7, 11) is 0. The molecule has 27 heavy (non-hydrogen) atoms. The van der Waals surface area contributed by atoms with Crippen molar-refractivity contribution in [2.45, 2.75) is 39.3 Å². The molecule has 0 radical (unpaired) electrons. The van der Waals surface area contributed by atoms with Crippen molar-refractivity contribution >= 4 is 17.7 Å². The molecule has 0 saturated carbocycles. The van der Waals surface area contributed by atoms with E-state index < -0.39 is 5.60 Å². The molecule has 3 rings (SSSR count). The van der Waals surface area contributed by atoms with Crippen molar-refractivity contribution in [2.75, 3.05) is 24.6 Å². The SMILES string of the molecule is CCNC(=NCc1ccccc1-n1nc(C)cc1C)NCC1(O)CCSC1. The van der Waals surface area contributed by atoms with Crippen LogP contribution in [0.2, 0.25) is 0 Å². The summed E-state index contributed by atoms with van der Waals surface area (Å²) in [6.07, 6.45) is 0.824. The Morgan fingerprint density at radius 3 is 2.81 bits per heavy atom. The van der Waals surface area contributed by atoms with Crippen molar-refractivity contribution in [3.63, 3.8) is 0 Å². The maximum atomic E-state index is 10.5. The fraction of sp³-hybridized carbons (Fsp3) is 0.500. The molecule has 1 saturated heterocycles. The third-order valence-corrected chi connectivity index (χ3v) is 5.88. The molecule has 0 spiro atoms. The Hall–Kier alpha value is -1.99. The third-order valence-electron chi connectivity index (χ3n) is 4.65. The van der Waals surface area contributed by atoms with Gasteiger partial charge < -0.3 is 15.7 Å². The lowest BCUT2D eigenvalue weighted by molar-refractivity contribution is 0.0724. The van der Waals surface area contributed by atoms with E-state index in [2.05, 4.69) is 40.9 Å². The zero-order chi connectivity index (χ0) is 19.3. The van der Waals surface area contributed by atoms with Gasteiger partial charge in [-0.15, -0.1) is 0 Å². The Bertz CT molecular complexity index is 795. The quantitative estimate of drug-likeness (QED) is 0.524. The molecule has 0 amide bonds. The number of aliphatic hydroxyl groups is 1. The highest BCUT2D eigenvalue weighted by Gasteiger charge is 2.31. The molecular formula is C20H29N5OS. The van der Waals surface area contributed by atoms with Crippen molar-refractivity contribution in [2.24, 2.45) is 4.99 Å². The molecule has 3 N–H and O–H groups in total. The van der Waals surface area contributed by atoms with Gasteiger partial charge in [0.15, 0.2) is 5.96 Å².